The lowest BCUT2D eigenvalue weighted by molar-refractivity contribution is -0.125. The van der Waals surface area contributed by atoms with Gasteiger partial charge in [0.15, 0.2) is 0 Å². The van der Waals surface area contributed by atoms with Crippen LogP contribution in [0.3, 0.4) is 0 Å². The fraction of sp³-hybridized carbons (Fsp3) is 0.333. The normalized spacial score (nSPS) is 19.4. The van der Waals surface area contributed by atoms with Gasteiger partial charge in [0, 0.05) is 25.3 Å². The van der Waals surface area contributed by atoms with E-state index in [9.17, 15) is 9.59 Å². The van der Waals surface area contributed by atoms with Crippen LogP contribution in [-0.4, -0.2) is 46.0 Å². The molecule has 0 bridgehead atoms. The number of ether oxygens (including phenoxy) is 1. The lowest BCUT2D eigenvalue weighted by Crippen LogP contribution is -2.44. The number of benzene rings is 1. The van der Waals surface area contributed by atoms with Crippen LogP contribution in [0.2, 0.25) is 0 Å². The first kappa shape index (κ1) is 16.3. The Hall–Kier alpha value is -3.16. The summed E-state index contributed by atoms with van der Waals surface area (Å²) in [5.41, 5.74) is 5.72. The van der Waals surface area contributed by atoms with Crippen LogP contribution in [0.15, 0.2) is 35.7 Å². The van der Waals surface area contributed by atoms with Crippen LogP contribution in [0.5, 0.6) is 5.75 Å². The Balaban J connectivity index is 1.61. The van der Waals surface area contributed by atoms with Gasteiger partial charge in [0.05, 0.1) is 31.4 Å². The maximum atomic E-state index is 12.9. The highest BCUT2D eigenvalue weighted by atomic mass is 16.5. The number of hydrogen-bond acceptors (Lipinski definition) is 5. The van der Waals surface area contributed by atoms with Crippen LogP contribution in [-0.2, 0) is 16.1 Å². The largest absolute Gasteiger partial charge is 0.497 e. The number of carbonyl (C=O) groups excluding carboxylic acids is 2. The van der Waals surface area contributed by atoms with Gasteiger partial charge >= 0.3 is 0 Å². The van der Waals surface area contributed by atoms with Gasteiger partial charge in [-0.2, -0.15) is 5.10 Å². The fourth-order valence-corrected chi connectivity index (χ4v) is 3.39. The van der Waals surface area contributed by atoms with Gasteiger partial charge in [0.25, 0.3) is 5.91 Å². The van der Waals surface area contributed by atoms with E-state index < -0.39 is 0 Å². The molecular weight excluding hydrogens is 334 g/mol. The first-order chi connectivity index (χ1) is 12.7. The summed E-state index contributed by atoms with van der Waals surface area (Å²) < 4.78 is 5.22. The van der Waals surface area contributed by atoms with E-state index in [2.05, 4.69) is 20.5 Å². The standard InChI is InChI=1S/C18H19N5O3/c1-26-12-4-2-11(3-5-12)13-8-23(9-15-17(13)20-10-19-15)18(25)14-6-7-16(24)22-21-14/h2-5,10,13H,6-9H2,1H3,(H,19,20)(H,22,24). The molecule has 0 radical (unpaired) electrons. The molecule has 0 saturated carbocycles. The van der Waals surface area contributed by atoms with Gasteiger partial charge in [-0.05, 0) is 17.7 Å². The van der Waals surface area contributed by atoms with Crippen molar-refractivity contribution in [1.82, 2.24) is 20.3 Å². The highest BCUT2D eigenvalue weighted by Gasteiger charge is 2.33. The zero-order chi connectivity index (χ0) is 18.1. The quantitative estimate of drug-likeness (QED) is 0.865. The predicted molar refractivity (Wildman–Crippen MR) is 93.7 cm³/mol. The zero-order valence-electron chi connectivity index (χ0n) is 14.4. The van der Waals surface area contributed by atoms with Crippen molar-refractivity contribution in [1.29, 1.82) is 0 Å². The minimum absolute atomic E-state index is 0.0290. The van der Waals surface area contributed by atoms with Crippen LogP contribution in [0.1, 0.15) is 35.7 Å². The molecule has 4 rings (SSSR count). The van der Waals surface area contributed by atoms with Crippen molar-refractivity contribution in [3.63, 3.8) is 0 Å². The van der Waals surface area contributed by atoms with E-state index in [0.717, 1.165) is 22.7 Å². The summed E-state index contributed by atoms with van der Waals surface area (Å²) in [4.78, 5) is 33.5. The number of hydrogen-bond donors (Lipinski definition) is 2. The van der Waals surface area contributed by atoms with Crippen molar-refractivity contribution in [3.05, 3.63) is 47.5 Å². The third-order valence-electron chi connectivity index (χ3n) is 4.79. The highest BCUT2D eigenvalue weighted by Crippen LogP contribution is 2.32. The van der Waals surface area contributed by atoms with Crippen molar-refractivity contribution < 1.29 is 14.3 Å². The molecule has 26 heavy (non-hydrogen) atoms. The molecule has 2 N–H and O–H groups in total. The Morgan fingerprint density at radius 3 is 2.77 bits per heavy atom. The van der Waals surface area contributed by atoms with E-state index >= 15 is 0 Å². The lowest BCUT2D eigenvalue weighted by Gasteiger charge is -2.33. The number of imidazole rings is 1. The number of methoxy groups -OCH3 is 1. The maximum Gasteiger partial charge on any atom is 0.270 e. The van der Waals surface area contributed by atoms with Gasteiger partial charge in [-0.15, -0.1) is 0 Å². The number of hydrazone groups is 1. The fourth-order valence-electron chi connectivity index (χ4n) is 3.39. The van der Waals surface area contributed by atoms with Crippen molar-refractivity contribution in [3.8, 4) is 5.75 Å². The predicted octanol–water partition coefficient (Wildman–Crippen LogP) is 1.16. The van der Waals surface area contributed by atoms with Crippen LogP contribution in [0.4, 0.5) is 0 Å². The number of nitrogens with one attached hydrogen (secondary N) is 2. The number of nitrogens with zero attached hydrogens (tertiary/aromatic N) is 3. The second-order valence-corrected chi connectivity index (χ2v) is 6.37. The first-order valence-corrected chi connectivity index (χ1v) is 8.46. The average molecular weight is 353 g/mol. The molecule has 2 aliphatic rings. The Morgan fingerprint density at radius 1 is 1.27 bits per heavy atom. The van der Waals surface area contributed by atoms with E-state index in [1.54, 1.807) is 18.3 Å². The average Bonchev–Trinajstić information content (AvgIpc) is 3.16. The number of fused-ring (bicyclic) bond motifs is 1. The molecule has 8 nitrogen and oxygen atoms in total. The molecule has 1 atom stereocenters. The number of carbonyl (C=O) groups is 2. The van der Waals surface area contributed by atoms with Gasteiger partial charge in [-0.1, -0.05) is 12.1 Å². The number of aromatic nitrogens is 2. The number of rotatable bonds is 3. The second-order valence-electron chi connectivity index (χ2n) is 6.37. The monoisotopic (exact) mass is 353 g/mol. The van der Waals surface area contributed by atoms with E-state index in [1.807, 2.05) is 24.3 Å². The summed E-state index contributed by atoms with van der Waals surface area (Å²) >= 11 is 0. The van der Waals surface area contributed by atoms with Gasteiger partial charge in [-0.3, -0.25) is 9.59 Å². The van der Waals surface area contributed by atoms with E-state index in [-0.39, 0.29) is 24.2 Å². The van der Waals surface area contributed by atoms with Gasteiger partial charge in [0.1, 0.15) is 11.5 Å². The van der Waals surface area contributed by atoms with Crippen LogP contribution in [0.25, 0.3) is 0 Å². The summed E-state index contributed by atoms with van der Waals surface area (Å²) in [5, 5.41) is 3.93. The van der Waals surface area contributed by atoms with Gasteiger partial charge < -0.3 is 14.6 Å². The van der Waals surface area contributed by atoms with Crippen LogP contribution < -0.4 is 10.2 Å². The Bertz CT molecular complexity index is 871. The summed E-state index contributed by atoms with van der Waals surface area (Å²) in [5.74, 6) is 0.446. The van der Waals surface area contributed by atoms with Crippen molar-refractivity contribution in [2.45, 2.75) is 25.3 Å². The molecule has 134 valence electrons. The van der Waals surface area contributed by atoms with Gasteiger partial charge in [-0.25, -0.2) is 10.4 Å². The first-order valence-electron chi connectivity index (χ1n) is 8.46. The molecule has 1 aromatic carbocycles. The third-order valence-corrected chi connectivity index (χ3v) is 4.79. The Kier molecular flexibility index (Phi) is 4.16. The molecule has 0 fully saturated rings. The van der Waals surface area contributed by atoms with Crippen molar-refractivity contribution in [2.24, 2.45) is 5.10 Å². The molecule has 3 heterocycles. The number of amides is 2. The minimum Gasteiger partial charge on any atom is -0.497 e. The van der Waals surface area contributed by atoms with Crippen molar-refractivity contribution >= 4 is 17.5 Å². The summed E-state index contributed by atoms with van der Waals surface area (Å²) in [6.45, 7) is 0.962. The summed E-state index contributed by atoms with van der Waals surface area (Å²) in [7, 11) is 1.63. The van der Waals surface area contributed by atoms with E-state index in [0.29, 0.717) is 25.2 Å². The summed E-state index contributed by atoms with van der Waals surface area (Å²) in [6.07, 6.45) is 2.31. The zero-order valence-corrected chi connectivity index (χ0v) is 14.4. The number of aromatic amines is 1. The second kappa shape index (κ2) is 6.62. The molecule has 1 aromatic heterocycles. The summed E-state index contributed by atoms with van der Waals surface area (Å²) in [6, 6.07) is 7.80. The molecule has 0 saturated heterocycles. The Morgan fingerprint density at radius 2 is 2.08 bits per heavy atom. The molecule has 2 aliphatic heterocycles. The van der Waals surface area contributed by atoms with Gasteiger partial charge in [0.2, 0.25) is 5.91 Å². The highest BCUT2D eigenvalue weighted by molar-refractivity contribution is 6.39. The van der Waals surface area contributed by atoms with Crippen LogP contribution >= 0.6 is 0 Å². The number of H-pyrrole nitrogens is 1. The molecule has 0 aliphatic carbocycles. The molecule has 0 spiro atoms. The third kappa shape index (κ3) is 2.94. The van der Waals surface area contributed by atoms with E-state index in [4.69, 9.17) is 4.74 Å². The topological polar surface area (TPSA) is 99.7 Å². The van der Waals surface area contributed by atoms with Crippen LogP contribution in [0, 0.1) is 0 Å². The Labute approximate surface area is 150 Å². The molecule has 2 aromatic rings. The lowest BCUT2D eigenvalue weighted by atomic mass is 9.90. The minimum atomic E-state index is -0.160. The molecule has 8 heteroatoms. The SMILES string of the molecule is COc1ccc(C2CN(C(=O)C3=NNC(=O)CC3)Cc3[nH]cnc32)cc1. The smallest absolute Gasteiger partial charge is 0.270 e. The molecule has 2 amide bonds. The molecular formula is C18H19N5O3. The van der Waals surface area contributed by atoms with E-state index in [1.165, 1.54) is 0 Å². The van der Waals surface area contributed by atoms with Crippen molar-refractivity contribution in [2.75, 3.05) is 13.7 Å². The maximum absolute atomic E-state index is 12.9. The molecule has 1 unspecified atom stereocenters.